The number of fused-ring (bicyclic) bond motifs is 3. The molecule has 0 spiro atoms. The van der Waals surface area contributed by atoms with Crippen molar-refractivity contribution in [3.63, 3.8) is 0 Å². The third-order valence-corrected chi connectivity index (χ3v) is 3.50. The van der Waals surface area contributed by atoms with E-state index in [0.29, 0.717) is 12.6 Å². The van der Waals surface area contributed by atoms with Gasteiger partial charge in [-0.15, -0.1) is 0 Å². The Balaban J connectivity index is 1.83. The number of hydrogen-bond donors (Lipinski definition) is 0. The minimum absolute atomic E-state index is 0.0101. The Morgan fingerprint density at radius 2 is 2.21 bits per heavy atom. The standard InChI is InChI=1S/C10H15NO3/c12-10-9-7-3-1-2-5-11(7)14-8(9)4-6-13-10/h7-9H,1-6H2/t7-,8-,9-/m1/s1. The lowest BCUT2D eigenvalue weighted by Crippen LogP contribution is -2.42. The summed E-state index contributed by atoms with van der Waals surface area (Å²) in [6.07, 6.45) is 4.44. The zero-order chi connectivity index (χ0) is 9.54. The average molecular weight is 197 g/mol. The molecule has 3 saturated heterocycles. The fourth-order valence-electron chi connectivity index (χ4n) is 2.82. The molecule has 0 aromatic rings. The van der Waals surface area contributed by atoms with Gasteiger partial charge in [0.05, 0.1) is 18.8 Å². The number of nitrogens with zero attached hydrogens (tertiary/aromatic N) is 1. The van der Waals surface area contributed by atoms with Crippen LogP contribution in [0.1, 0.15) is 25.7 Å². The van der Waals surface area contributed by atoms with Crippen molar-refractivity contribution in [2.24, 2.45) is 5.92 Å². The van der Waals surface area contributed by atoms with Gasteiger partial charge in [-0.3, -0.25) is 9.63 Å². The predicted octanol–water partition coefficient (Wildman–Crippen LogP) is 0.718. The molecule has 4 heteroatoms. The number of rotatable bonds is 0. The summed E-state index contributed by atoms with van der Waals surface area (Å²) in [5.41, 5.74) is 0. The van der Waals surface area contributed by atoms with Crippen molar-refractivity contribution in [1.29, 1.82) is 0 Å². The first kappa shape index (κ1) is 8.68. The molecule has 0 amide bonds. The number of ether oxygens (including phenoxy) is 1. The second-order valence-corrected chi connectivity index (χ2v) is 4.33. The maximum Gasteiger partial charge on any atom is 0.313 e. The Morgan fingerprint density at radius 1 is 1.29 bits per heavy atom. The van der Waals surface area contributed by atoms with Crippen molar-refractivity contribution in [3.05, 3.63) is 0 Å². The highest BCUT2D eigenvalue weighted by Crippen LogP contribution is 2.38. The van der Waals surface area contributed by atoms with Crippen molar-refractivity contribution in [2.45, 2.75) is 37.8 Å². The molecule has 0 saturated carbocycles. The zero-order valence-electron chi connectivity index (χ0n) is 8.15. The van der Waals surface area contributed by atoms with Gasteiger partial charge in [-0.2, -0.15) is 5.06 Å². The van der Waals surface area contributed by atoms with E-state index in [1.54, 1.807) is 0 Å². The van der Waals surface area contributed by atoms with E-state index in [2.05, 4.69) is 0 Å². The van der Waals surface area contributed by atoms with E-state index < -0.39 is 0 Å². The van der Waals surface area contributed by atoms with Gasteiger partial charge in [0.1, 0.15) is 5.92 Å². The number of carbonyl (C=O) groups excluding carboxylic acids is 1. The summed E-state index contributed by atoms with van der Waals surface area (Å²) >= 11 is 0. The first-order valence-corrected chi connectivity index (χ1v) is 5.46. The summed E-state index contributed by atoms with van der Waals surface area (Å²) in [4.78, 5) is 17.4. The summed E-state index contributed by atoms with van der Waals surface area (Å²) < 4.78 is 5.10. The number of piperidine rings is 1. The molecule has 3 fully saturated rings. The van der Waals surface area contributed by atoms with Crippen LogP contribution in [-0.2, 0) is 14.4 Å². The average Bonchev–Trinajstić information content (AvgIpc) is 2.57. The first-order chi connectivity index (χ1) is 6.86. The summed E-state index contributed by atoms with van der Waals surface area (Å²) in [7, 11) is 0. The summed E-state index contributed by atoms with van der Waals surface area (Å²) in [5.74, 6) is -0.0558. The molecule has 78 valence electrons. The molecule has 0 bridgehead atoms. The Hall–Kier alpha value is -0.610. The highest BCUT2D eigenvalue weighted by Gasteiger charge is 2.50. The van der Waals surface area contributed by atoms with Crippen molar-refractivity contribution in [2.75, 3.05) is 13.2 Å². The van der Waals surface area contributed by atoms with E-state index in [9.17, 15) is 4.79 Å². The van der Waals surface area contributed by atoms with E-state index in [-0.39, 0.29) is 18.0 Å². The van der Waals surface area contributed by atoms with E-state index in [4.69, 9.17) is 9.57 Å². The van der Waals surface area contributed by atoms with Crippen molar-refractivity contribution >= 4 is 5.97 Å². The third-order valence-electron chi connectivity index (χ3n) is 3.50. The van der Waals surface area contributed by atoms with E-state index in [0.717, 1.165) is 19.4 Å². The monoisotopic (exact) mass is 197 g/mol. The van der Waals surface area contributed by atoms with Gasteiger partial charge in [0.2, 0.25) is 0 Å². The summed E-state index contributed by atoms with van der Waals surface area (Å²) in [5, 5.41) is 2.02. The molecule has 3 rings (SSSR count). The molecule has 4 nitrogen and oxygen atoms in total. The Kier molecular flexibility index (Phi) is 1.99. The summed E-state index contributed by atoms with van der Waals surface area (Å²) in [6, 6.07) is 0.293. The normalized spacial score (nSPS) is 42.9. The van der Waals surface area contributed by atoms with Gasteiger partial charge in [0, 0.05) is 13.0 Å². The molecule has 14 heavy (non-hydrogen) atoms. The number of esters is 1. The Morgan fingerprint density at radius 3 is 3.14 bits per heavy atom. The molecule has 3 aliphatic heterocycles. The van der Waals surface area contributed by atoms with Crippen LogP contribution in [0.4, 0.5) is 0 Å². The van der Waals surface area contributed by atoms with Crippen LogP contribution in [0.3, 0.4) is 0 Å². The highest BCUT2D eigenvalue weighted by molar-refractivity contribution is 5.75. The van der Waals surface area contributed by atoms with E-state index >= 15 is 0 Å². The molecule has 0 unspecified atom stereocenters. The van der Waals surface area contributed by atoms with Gasteiger partial charge in [-0.1, -0.05) is 6.42 Å². The van der Waals surface area contributed by atoms with Crippen LogP contribution in [-0.4, -0.2) is 36.3 Å². The quantitative estimate of drug-likeness (QED) is 0.536. The number of hydroxylamine groups is 2. The van der Waals surface area contributed by atoms with Crippen LogP contribution >= 0.6 is 0 Å². The molecule has 0 radical (unpaired) electrons. The maximum absolute atomic E-state index is 11.6. The van der Waals surface area contributed by atoms with Gasteiger partial charge in [-0.05, 0) is 12.8 Å². The minimum atomic E-state index is -0.0457. The lowest BCUT2D eigenvalue weighted by Gasteiger charge is -2.29. The van der Waals surface area contributed by atoms with Gasteiger partial charge in [-0.25, -0.2) is 0 Å². The molecule has 3 aliphatic rings. The Bertz CT molecular complexity index is 256. The highest BCUT2D eigenvalue weighted by atomic mass is 16.7. The number of cyclic esters (lactones) is 1. The van der Waals surface area contributed by atoms with Crippen LogP contribution in [0.15, 0.2) is 0 Å². The molecular formula is C10H15NO3. The fraction of sp³-hybridized carbons (Fsp3) is 0.900. The first-order valence-electron chi connectivity index (χ1n) is 5.46. The number of carbonyl (C=O) groups is 1. The lowest BCUT2D eigenvalue weighted by molar-refractivity contribution is -0.180. The van der Waals surface area contributed by atoms with Crippen molar-refractivity contribution in [3.8, 4) is 0 Å². The van der Waals surface area contributed by atoms with E-state index in [1.165, 1.54) is 12.8 Å². The maximum atomic E-state index is 11.6. The smallest absolute Gasteiger partial charge is 0.313 e. The van der Waals surface area contributed by atoms with E-state index in [1.807, 2.05) is 5.06 Å². The van der Waals surface area contributed by atoms with Crippen LogP contribution in [0.25, 0.3) is 0 Å². The second kappa shape index (κ2) is 3.21. The molecule has 0 aromatic heterocycles. The SMILES string of the molecule is O=C1OCC[C@H]2ON3CCCC[C@@H]3[C@@H]12. The third kappa shape index (κ3) is 1.17. The topological polar surface area (TPSA) is 38.8 Å². The largest absolute Gasteiger partial charge is 0.465 e. The molecule has 0 aromatic carbocycles. The van der Waals surface area contributed by atoms with Gasteiger partial charge < -0.3 is 4.74 Å². The second-order valence-electron chi connectivity index (χ2n) is 4.33. The van der Waals surface area contributed by atoms with Crippen LogP contribution in [0, 0.1) is 5.92 Å². The molecular weight excluding hydrogens is 182 g/mol. The van der Waals surface area contributed by atoms with Gasteiger partial charge in [0.25, 0.3) is 0 Å². The van der Waals surface area contributed by atoms with Crippen LogP contribution in [0.5, 0.6) is 0 Å². The lowest BCUT2D eigenvalue weighted by atomic mass is 9.87. The predicted molar refractivity (Wildman–Crippen MR) is 48.3 cm³/mol. The molecule has 3 atom stereocenters. The Labute approximate surface area is 83.1 Å². The molecule has 0 aliphatic carbocycles. The van der Waals surface area contributed by atoms with Gasteiger partial charge >= 0.3 is 5.97 Å². The zero-order valence-corrected chi connectivity index (χ0v) is 8.15. The molecule has 0 N–H and O–H groups in total. The van der Waals surface area contributed by atoms with Gasteiger partial charge in [0.15, 0.2) is 0 Å². The minimum Gasteiger partial charge on any atom is -0.465 e. The summed E-state index contributed by atoms with van der Waals surface area (Å²) in [6.45, 7) is 1.51. The molecule has 3 heterocycles. The number of hydrogen-bond acceptors (Lipinski definition) is 4. The van der Waals surface area contributed by atoms with Crippen LogP contribution < -0.4 is 0 Å². The van der Waals surface area contributed by atoms with Crippen LogP contribution in [0.2, 0.25) is 0 Å². The van der Waals surface area contributed by atoms with Crippen molar-refractivity contribution < 1.29 is 14.4 Å². The van der Waals surface area contributed by atoms with Crippen molar-refractivity contribution in [1.82, 2.24) is 5.06 Å². The fourth-order valence-corrected chi connectivity index (χ4v) is 2.82.